The molecule has 4 heterocycles. The second kappa shape index (κ2) is 8.52. The number of amides is 3. The second-order valence-electron chi connectivity index (χ2n) is 9.78. The molecule has 1 aliphatic carbocycles. The molecule has 5 rings (SSSR count). The third kappa shape index (κ3) is 3.24. The van der Waals surface area contributed by atoms with E-state index in [1.54, 1.807) is 28.6 Å². The van der Waals surface area contributed by atoms with Crippen molar-refractivity contribution in [3.8, 4) is 0 Å². The number of carbonyl (C=O) groups is 3. The molecule has 1 N–H and O–H groups in total. The molecule has 2 saturated heterocycles. The number of nitrogens with zero attached hydrogens (tertiary/aromatic N) is 3. The quantitative estimate of drug-likeness (QED) is 0.644. The Labute approximate surface area is 193 Å². The van der Waals surface area contributed by atoms with Gasteiger partial charge in [-0.2, -0.15) is 0 Å². The van der Waals surface area contributed by atoms with Gasteiger partial charge in [0.15, 0.2) is 0 Å². The third-order valence-electron chi connectivity index (χ3n) is 7.96. The zero-order valence-corrected chi connectivity index (χ0v) is 19.5. The van der Waals surface area contributed by atoms with Crippen LogP contribution in [0.15, 0.2) is 24.3 Å². The Hall–Kier alpha value is -1.80. The highest BCUT2D eigenvalue weighted by molar-refractivity contribution is 8.02. The van der Waals surface area contributed by atoms with Crippen molar-refractivity contribution < 1.29 is 19.5 Å². The maximum Gasteiger partial charge on any atom is 0.247 e. The van der Waals surface area contributed by atoms with Gasteiger partial charge in [0.2, 0.25) is 17.7 Å². The van der Waals surface area contributed by atoms with Crippen LogP contribution >= 0.6 is 11.8 Å². The number of fused-ring (bicyclic) bond motifs is 2. The fourth-order valence-corrected chi connectivity index (χ4v) is 8.49. The van der Waals surface area contributed by atoms with Crippen LogP contribution in [0.5, 0.6) is 0 Å². The number of likely N-dealkylation sites (tertiary alicyclic amines) is 1. The molecule has 7 nitrogen and oxygen atoms in total. The molecule has 3 fully saturated rings. The Kier molecular flexibility index (Phi) is 5.86. The lowest BCUT2D eigenvalue weighted by Crippen LogP contribution is -2.55. The minimum Gasteiger partial charge on any atom is -0.396 e. The van der Waals surface area contributed by atoms with Crippen LogP contribution in [0.4, 0.5) is 0 Å². The van der Waals surface area contributed by atoms with Gasteiger partial charge in [-0.15, -0.1) is 11.8 Å². The fourth-order valence-electron chi connectivity index (χ4n) is 6.48. The fraction of sp³-hybridized carbons (Fsp3) is 0.708. The average Bonchev–Trinajstić information content (AvgIpc) is 3.12. The van der Waals surface area contributed by atoms with Crippen molar-refractivity contribution in [3.05, 3.63) is 24.3 Å². The molecule has 5 atom stereocenters. The molecule has 0 aromatic carbocycles. The molecule has 0 radical (unpaired) electrons. The van der Waals surface area contributed by atoms with Crippen molar-refractivity contribution in [1.29, 1.82) is 0 Å². The molecular formula is C24H33N3O4S. The van der Waals surface area contributed by atoms with Gasteiger partial charge in [-0.25, -0.2) is 0 Å². The topological polar surface area (TPSA) is 81.2 Å². The van der Waals surface area contributed by atoms with Crippen molar-refractivity contribution >= 4 is 29.5 Å². The van der Waals surface area contributed by atoms with Gasteiger partial charge >= 0.3 is 0 Å². The smallest absolute Gasteiger partial charge is 0.247 e. The van der Waals surface area contributed by atoms with Crippen LogP contribution in [-0.2, 0) is 14.4 Å². The number of aliphatic hydroxyl groups is 1. The lowest BCUT2D eigenvalue weighted by molar-refractivity contribution is -0.145. The van der Waals surface area contributed by atoms with E-state index in [4.69, 9.17) is 0 Å². The molecule has 4 aliphatic heterocycles. The monoisotopic (exact) mass is 459 g/mol. The van der Waals surface area contributed by atoms with E-state index in [0.29, 0.717) is 26.1 Å². The summed E-state index contributed by atoms with van der Waals surface area (Å²) in [6.07, 6.45) is 14.2. The Morgan fingerprint density at radius 3 is 2.59 bits per heavy atom. The molecular weight excluding hydrogens is 426 g/mol. The molecule has 5 aliphatic rings. The minimum absolute atomic E-state index is 0.0142. The van der Waals surface area contributed by atoms with Crippen molar-refractivity contribution in [2.75, 3.05) is 33.3 Å². The van der Waals surface area contributed by atoms with Crippen molar-refractivity contribution in [2.24, 2.45) is 11.8 Å². The molecule has 0 bridgehead atoms. The van der Waals surface area contributed by atoms with Crippen molar-refractivity contribution in [3.63, 3.8) is 0 Å². The Morgan fingerprint density at radius 1 is 1.06 bits per heavy atom. The van der Waals surface area contributed by atoms with Crippen molar-refractivity contribution in [1.82, 2.24) is 14.7 Å². The number of thioether (sulfide) groups is 1. The predicted octanol–water partition coefficient (Wildman–Crippen LogP) is 1.43. The first-order valence-electron chi connectivity index (χ1n) is 12.0. The lowest BCUT2D eigenvalue weighted by atomic mass is 9.78. The van der Waals surface area contributed by atoms with E-state index >= 15 is 0 Å². The maximum atomic E-state index is 14.1. The van der Waals surface area contributed by atoms with E-state index in [0.717, 1.165) is 25.7 Å². The molecule has 1 saturated carbocycles. The zero-order valence-electron chi connectivity index (χ0n) is 18.7. The van der Waals surface area contributed by atoms with E-state index < -0.39 is 22.6 Å². The first-order valence-corrected chi connectivity index (χ1v) is 12.9. The van der Waals surface area contributed by atoms with Gasteiger partial charge in [-0.1, -0.05) is 43.6 Å². The van der Waals surface area contributed by atoms with E-state index in [-0.39, 0.29) is 35.6 Å². The summed E-state index contributed by atoms with van der Waals surface area (Å²) < 4.78 is -0.736. The van der Waals surface area contributed by atoms with Gasteiger partial charge in [0, 0.05) is 44.6 Å². The SMILES string of the molecule is CN1CC=C[C@H]2S[C@]34C=CCN(C5CCCCC5)C(=O)C3N(CCCO)C(=O)[C@@H]4[C@H]2C1=O. The average molecular weight is 460 g/mol. The molecule has 1 spiro atoms. The van der Waals surface area contributed by atoms with Crippen LogP contribution in [0.2, 0.25) is 0 Å². The van der Waals surface area contributed by atoms with Gasteiger partial charge in [-0.3, -0.25) is 14.4 Å². The number of likely N-dealkylation sites (N-methyl/N-ethyl adjacent to an activating group) is 1. The summed E-state index contributed by atoms with van der Waals surface area (Å²) in [7, 11) is 1.78. The Bertz CT molecular complexity index is 854. The van der Waals surface area contributed by atoms with E-state index in [9.17, 15) is 19.5 Å². The third-order valence-corrected chi connectivity index (χ3v) is 9.71. The molecule has 8 heteroatoms. The summed E-state index contributed by atoms with van der Waals surface area (Å²) in [5.41, 5.74) is 0. The predicted molar refractivity (Wildman–Crippen MR) is 123 cm³/mol. The van der Waals surface area contributed by atoms with Gasteiger partial charge in [0.25, 0.3) is 0 Å². The molecule has 32 heavy (non-hydrogen) atoms. The largest absolute Gasteiger partial charge is 0.396 e. The van der Waals surface area contributed by atoms with Gasteiger partial charge in [0.05, 0.1) is 16.6 Å². The summed E-state index contributed by atoms with van der Waals surface area (Å²) >= 11 is 1.63. The molecule has 0 aromatic rings. The van der Waals surface area contributed by atoms with Gasteiger partial charge in [0.1, 0.15) is 6.04 Å². The highest BCUT2D eigenvalue weighted by atomic mass is 32.2. The van der Waals surface area contributed by atoms with Gasteiger partial charge in [-0.05, 0) is 19.3 Å². The van der Waals surface area contributed by atoms with Crippen LogP contribution in [0.3, 0.4) is 0 Å². The number of aliphatic hydroxyl groups excluding tert-OH is 1. The Morgan fingerprint density at radius 2 is 1.84 bits per heavy atom. The standard InChI is InChI=1S/C24H33N3O4S/c1-25-12-5-10-17-18(21(25)29)19-22(30)27(14-7-15-28)20-23(31)26(16-8-3-2-4-9-16)13-6-11-24(19,20)32-17/h5-6,10-11,16-20,28H,2-4,7-9,12-15H2,1H3/t17-,18+,19+,20?,24+/m1/s1. The summed E-state index contributed by atoms with van der Waals surface area (Å²) in [5.74, 6) is -1.12. The van der Waals surface area contributed by atoms with Crippen LogP contribution < -0.4 is 0 Å². The normalized spacial score (nSPS) is 37.4. The lowest BCUT2D eigenvalue weighted by Gasteiger charge is -2.39. The van der Waals surface area contributed by atoms with E-state index in [1.807, 2.05) is 11.0 Å². The van der Waals surface area contributed by atoms with Crippen LogP contribution in [-0.4, -0.2) is 92.9 Å². The minimum atomic E-state index is -0.736. The Balaban J connectivity index is 1.57. The van der Waals surface area contributed by atoms with E-state index in [1.165, 1.54) is 6.42 Å². The van der Waals surface area contributed by atoms with Crippen LogP contribution in [0.25, 0.3) is 0 Å². The summed E-state index contributed by atoms with van der Waals surface area (Å²) in [5, 5.41) is 9.36. The second-order valence-corrected chi connectivity index (χ2v) is 11.3. The zero-order chi connectivity index (χ0) is 22.5. The number of rotatable bonds is 4. The summed E-state index contributed by atoms with van der Waals surface area (Å²) in [6.45, 7) is 1.42. The maximum absolute atomic E-state index is 14.1. The van der Waals surface area contributed by atoms with Crippen molar-refractivity contribution in [2.45, 2.75) is 60.6 Å². The first kappa shape index (κ1) is 22.0. The number of hydrogen-bond donors (Lipinski definition) is 1. The summed E-state index contributed by atoms with van der Waals surface area (Å²) in [6, 6.07) is -0.398. The highest BCUT2D eigenvalue weighted by Gasteiger charge is 2.70. The number of hydrogen-bond acceptors (Lipinski definition) is 5. The summed E-state index contributed by atoms with van der Waals surface area (Å²) in [4.78, 5) is 46.7. The van der Waals surface area contributed by atoms with E-state index in [2.05, 4.69) is 18.2 Å². The first-order chi connectivity index (χ1) is 15.5. The molecule has 0 aromatic heterocycles. The molecule has 1 unspecified atom stereocenters. The molecule has 3 amide bonds. The van der Waals surface area contributed by atoms with Crippen LogP contribution in [0.1, 0.15) is 38.5 Å². The van der Waals surface area contributed by atoms with Gasteiger partial charge < -0.3 is 19.8 Å². The molecule has 174 valence electrons. The highest BCUT2D eigenvalue weighted by Crippen LogP contribution is 2.61. The van der Waals surface area contributed by atoms with Crippen LogP contribution in [0, 0.1) is 11.8 Å². The number of carbonyl (C=O) groups excluding carboxylic acids is 3.